The summed E-state index contributed by atoms with van der Waals surface area (Å²) in [7, 11) is -2.30. The largest absolute Gasteiger partial charge is 0.495 e. The molecule has 0 bridgehead atoms. The molecule has 31 heavy (non-hydrogen) atoms. The Labute approximate surface area is 185 Å². The molecule has 0 aliphatic carbocycles. The molecule has 4 rings (SSSR count). The van der Waals surface area contributed by atoms with Gasteiger partial charge >= 0.3 is 0 Å². The van der Waals surface area contributed by atoms with Crippen LogP contribution < -0.4 is 29.6 Å². The number of rotatable bonds is 6. The number of para-hydroxylation sites is 2. The number of nitrogens with one attached hydrogen (secondary N) is 3. The van der Waals surface area contributed by atoms with E-state index in [2.05, 4.69) is 15.4 Å². The SMILES string of the molecule is COc1ccccc1NS(=O)(=O)c1ccc(NC(=S)Nc2ccc3c(c2)OCO3)cc1. The van der Waals surface area contributed by atoms with Crippen molar-refractivity contribution >= 4 is 44.4 Å². The molecule has 0 fully saturated rings. The van der Waals surface area contributed by atoms with Gasteiger partial charge in [0.2, 0.25) is 6.79 Å². The summed E-state index contributed by atoms with van der Waals surface area (Å²) in [5.41, 5.74) is 1.73. The average molecular weight is 458 g/mol. The van der Waals surface area contributed by atoms with E-state index in [1.54, 1.807) is 48.5 Å². The quantitative estimate of drug-likeness (QED) is 0.477. The maximum absolute atomic E-state index is 12.7. The first kappa shape index (κ1) is 20.8. The van der Waals surface area contributed by atoms with E-state index in [-0.39, 0.29) is 11.7 Å². The minimum Gasteiger partial charge on any atom is -0.495 e. The van der Waals surface area contributed by atoms with Gasteiger partial charge in [0.05, 0.1) is 17.7 Å². The number of hydrogen-bond acceptors (Lipinski definition) is 6. The van der Waals surface area contributed by atoms with Crippen molar-refractivity contribution in [2.45, 2.75) is 4.90 Å². The zero-order chi connectivity index (χ0) is 21.8. The van der Waals surface area contributed by atoms with Gasteiger partial charge in [0.25, 0.3) is 10.0 Å². The van der Waals surface area contributed by atoms with Gasteiger partial charge < -0.3 is 24.8 Å². The van der Waals surface area contributed by atoms with Gasteiger partial charge in [0.15, 0.2) is 16.6 Å². The van der Waals surface area contributed by atoms with Crippen LogP contribution in [0.4, 0.5) is 17.1 Å². The fourth-order valence-electron chi connectivity index (χ4n) is 2.92. The number of hydrogen-bond donors (Lipinski definition) is 3. The third-order valence-corrected chi connectivity index (χ3v) is 5.99. The summed E-state index contributed by atoms with van der Waals surface area (Å²) in [6, 6.07) is 18.4. The van der Waals surface area contributed by atoms with E-state index in [1.807, 2.05) is 6.07 Å². The Kier molecular flexibility index (Phi) is 5.83. The maximum Gasteiger partial charge on any atom is 0.262 e. The topological polar surface area (TPSA) is 97.9 Å². The summed E-state index contributed by atoms with van der Waals surface area (Å²) in [6.07, 6.45) is 0. The number of thiocarbonyl (C=S) groups is 1. The van der Waals surface area contributed by atoms with Gasteiger partial charge in [-0.1, -0.05) is 12.1 Å². The zero-order valence-electron chi connectivity index (χ0n) is 16.4. The van der Waals surface area contributed by atoms with Crippen molar-refractivity contribution in [1.82, 2.24) is 0 Å². The van der Waals surface area contributed by atoms with Crippen molar-refractivity contribution < 1.29 is 22.6 Å². The van der Waals surface area contributed by atoms with E-state index in [1.165, 1.54) is 19.2 Å². The second-order valence-corrected chi connectivity index (χ2v) is 8.57. The Bertz CT molecular complexity index is 1210. The van der Waals surface area contributed by atoms with Crippen molar-refractivity contribution in [3.63, 3.8) is 0 Å². The lowest BCUT2D eigenvalue weighted by Crippen LogP contribution is -2.19. The third kappa shape index (κ3) is 4.81. The molecule has 0 amide bonds. The Morgan fingerprint density at radius 2 is 1.61 bits per heavy atom. The number of anilines is 3. The van der Waals surface area contributed by atoms with E-state index in [0.29, 0.717) is 33.7 Å². The smallest absolute Gasteiger partial charge is 0.262 e. The molecule has 0 spiro atoms. The molecule has 0 saturated heterocycles. The zero-order valence-corrected chi connectivity index (χ0v) is 18.0. The summed E-state index contributed by atoms with van der Waals surface area (Å²) in [6.45, 7) is 0.197. The molecule has 1 heterocycles. The molecular formula is C21H19N3O5S2. The molecule has 3 N–H and O–H groups in total. The second-order valence-electron chi connectivity index (χ2n) is 6.48. The molecule has 1 aliphatic rings. The second kappa shape index (κ2) is 8.70. The van der Waals surface area contributed by atoms with Crippen LogP contribution in [0.1, 0.15) is 0 Å². The number of benzene rings is 3. The highest BCUT2D eigenvalue weighted by atomic mass is 32.2. The average Bonchev–Trinajstić information content (AvgIpc) is 3.22. The van der Waals surface area contributed by atoms with Gasteiger partial charge in [-0.25, -0.2) is 8.42 Å². The van der Waals surface area contributed by atoms with Crippen molar-refractivity contribution in [3.8, 4) is 17.2 Å². The van der Waals surface area contributed by atoms with E-state index in [0.717, 1.165) is 5.69 Å². The molecule has 0 atom stereocenters. The lowest BCUT2D eigenvalue weighted by Gasteiger charge is -2.13. The van der Waals surface area contributed by atoms with Crippen LogP contribution in [-0.2, 0) is 10.0 Å². The van der Waals surface area contributed by atoms with Crippen molar-refractivity contribution in [2.24, 2.45) is 0 Å². The summed E-state index contributed by atoms with van der Waals surface area (Å²) < 4.78 is 43.7. The Balaban J connectivity index is 1.41. The van der Waals surface area contributed by atoms with Crippen LogP contribution in [0.2, 0.25) is 0 Å². The fourth-order valence-corrected chi connectivity index (χ4v) is 4.22. The van der Waals surface area contributed by atoms with Gasteiger partial charge in [0, 0.05) is 17.4 Å². The summed E-state index contributed by atoms with van der Waals surface area (Å²) in [5, 5.41) is 6.42. The number of methoxy groups -OCH3 is 1. The Hall–Kier alpha value is -3.50. The number of sulfonamides is 1. The minimum atomic E-state index is -3.78. The van der Waals surface area contributed by atoms with E-state index in [9.17, 15) is 8.42 Å². The van der Waals surface area contributed by atoms with Gasteiger partial charge in [0.1, 0.15) is 5.75 Å². The summed E-state index contributed by atoms with van der Waals surface area (Å²) in [5.74, 6) is 1.76. The molecule has 3 aromatic carbocycles. The van der Waals surface area contributed by atoms with E-state index < -0.39 is 10.0 Å². The van der Waals surface area contributed by atoms with Gasteiger partial charge in [-0.3, -0.25) is 4.72 Å². The normalized spacial score (nSPS) is 12.2. The first-order chi connectivity index (χ1) is 14.9. The standard InChI is InChI=1S/C21H19N3O5S2/c1-27-18-5-3-2-4-17(18)24-31(25,26)16-9-6-14(7-10-16)22-21(30)23-15-8-11-19-20(12-15)29-13-28-19/h2-12,24H,13H2,1H3,(H2,22,23,30). The lowest BCUT2D eigenvalue weighted by atomic mass is 10.3. The van der Waals surface area contributed by atoms with Crippen LogP contribution in [0, 0.1) is 0 Å². The molecule has 0 unspecified atom stereocenters. The van der Waals surface area contributed by atoms with Crippen LogP contribution in [0.5, 0.6) is 17.2 Å². The molecule has 0 radical (unpaired) electrons. The van der Waals surface area contributed by atoms with Crippen molar-refractivity contribution in [2.75, 3.05) is 29.3 Å². The van der Waals surface area contributed by atoms with Crippen LogP contribution >= 0.6 is 12.2 Å². The van der Waals surface area contributed by atoms with Crippen LogP contribution in [0.15, 0.2) is 71.6 Å². The number of ether oxygens (including phenoxy) is 3. The molecule has 0 aromatic heterocycles. The third-order valence-electron chi connectivity index (χ3n) is 4.40. The van der Waals surface area contributed by atoms with E-state index >= 15 is 0 Å². The van der Waals surface area contributed by atoms with Crippen LogP contribution in [0.3, 0.4) is 0 Å². The maximum atomic E-state index is 12.7. The minimum absolute atomic E-state index is 0.110. The fraction of sp³-hybridized carbons (Fsp3) is 0.0952. The molecule has 10 heteroatoms. The number of fused-ring (bicyclic) bond motifs is 1. The summed E-state index contributed by atoms with van der Waals surface area (Å²) in [4.78, 5) is 0.110. The molecule has 1 aliphatic heterocycles. The molecule has 160 valence electrons. The van der Waals surface area contributed by atoms with Gasteiger partial charge in [-0.05, 0) is 60.7 Å². The first-order valence-electron chi connectivity index (χ1n) is 9.18. The predicted octanol–water partition coefficient (Wildman–Crippen LogP) is 4.03. The van der Waals surface area contributed by atoms with Gasteiger partial charge in [-0.15, -0.1) is 0 Å². The van der Waals surface area contributed by atoms with Crippen LogP contribution in [-0.4, -0.2) is 27.4 Å². The molecular weight excluding hydrogens is 438 g/mol. The monoisotopic (exact) mass is 457 g/mol. The summed E-state index contributed by atoms with van der Waals surface area (Å²) >= 11 is 5.33. The van der Waals surface area contributed by atoms with Gasteiger partial charge in [-0.2, -0.15) is 0 Å². The lowest BCUT2D eigenvalue weighted by molar-refractivity contribution is 0.174. The highest BCUT2D eigenvalue weighted by Gasteiger charge is 2.17. The van der Waals surface area contributed by atoms with Crippen LogP contribution in [0.25, 0.3) is 0 Å². The Morgan fingerprint density at radius 1 is 0.935 bits per heavy atom. The highest BCUT2D eigenvalue weighted by Crippen LogP contribution is 2.34. The predicted molar refractivity (Wildman–Crippen MR) is 123 cm³/mol. The molecule has 3 aromatic rings. The molecule has 8 nitrogen and oxygen atoms in total. The Morgan fingerprint density at radius 3 is 2.39 bits per heavy atom. The van der Waals surface area contributed by atoms with Crippen molar-refractivity contribution in [1.29, 1.82) is 0 Å². The van der Waals surface area contributed by atoms with E-state index in [4.69, 9.17) is 26.4 Å². The first-order valence-corrected chi connectivity index (χ1v) is 11.1. The molecule has 0 saturated carbocycles. The highest BCUT2D eigenvalue weighted by molar-refractivity contribution is 7.92. The van der Waals surface area contributed by atoms with Crippen molar-refractivity contribution in [3.05, 3.63) is 66.7 Å².